The van der Waals surface area contributed by atoms with Crippen molar-refractivity contribution in [3.05, 3.63) is 46.3 Å². The molecule has 2 aromatic carbocycles. The van der Waals surface area contributed by atoms with Crippen molar-refractivity contribution in [1.82, 2.24) is 4.90 Å². The Bertz CT molecular complexity index is 1290. The first-order valence-corrected chi connectivity index (χ1v) is 13.9. The third-order valence-corrected chi connectivity index (χ3v) is 7.70. The quantitative estimate of drug-likeness (QED) is 0.392. The van der Waals surface area contributed by atoms with Gasteiger partial charge in [0.05, 0.1) is 44.2 Å². The second kappa shape index (κ2) is 11.6. The van der Waals surface area contributed by atoms with Crippen molar-refractivity contribution >= 4 is 17.3 Å². The van der Waals surface area contributed by atoms with E-state index in [9.17, 15) is 4.79 Å². The average molecular weight is 556 g/mol. The summed E-state index contributed by atoms with van der Waals surface area (Å²) in [7, 11) is 3.39. The van der Waals surface area contributed by atoms with Crippen LogP contribution >= 0.6 is 0 Å². The van der Waals surface area contributed by atoms with Gasteiger partial charge in [-0.05, 0) is 43.0 Å². The van der Waals surface area contributed by atoms with Crippen molar-refractivity contribution in [2.75, 3.05) is 52.0 Å². The highest BCUT2D eigenvalue weighted by molar-refractivity contribution is 6.06. The molecule has 2 aliphatic heterocycles. The molecule has 1 saturated heterocycles. The normalized spacial score (nSPS) is 18.8. The molecule has 0 amide bonds. The Hall–Kier alpha value is -3.33. The summed E-state index contributed by atoms with van der Waals surface area (Å²) < 4.78 is 38.3. The molecule has 1 fully saturated rings. The maximum atomic E-state index is 15.5. The van der Waals surface area contributed by atoms with Gasteiger partial charge >= 0.3 is 0 Å². The van der Waals surface area contributed by atoms with Crippen molar-refractivity contribution in [2.45, 2.75) is 59.6 Å². The lowest BCUT2D eigenvalue weighted by Gasteiger charge is -2.29. The topological polar surface area (TPSA) is 84.3 Å². The molecule has 0 spiro atoms. The lowest BCUT2D eigenvalue weighted by molar-refractivity contribution is 0.0899. The summed E-state index contributed by atoms with van der Waals surface area (Å²) in [6.45, 7) is 14.3. The van der Waals surface area contributed by atoms with Crippen LogP contribution in [0.1, 0.15) is 68.6 Å². The number of ether oxygens (including phenoxy) is 4. The number of amidine groups is 1. The van der Waals surface area contributed by atoms with Gasteiger partial charge in [-0.1, -0.05) is 27.7 Å². The number of fused-ring (bicyclic) bond motifs is 1. The van der Waals surface area contributed by atoms with Crippen LogP contribution in [0.2, 0.25) is 0 Å². The van der Waals surface area contributed by atoms with Crippen LogP contribution in [-0.4, -0.2) is 69.7 Å². The molecule has 0 bridgehead atoms. The Morgan fingerprint density at radius 2 is 1.77 bits per heavy atom. The molecular weight excluding hydrogens is 513 g/mol. The van der Waals surface area contributed by atoms with Crippen LogP contribution in [-0.2, 0) is 16.7 Å². The van der Waals surface area contributed by atoms with Gasteiger partial charge in [0.15, 0.2) is 23.1 Å². The highest BCUT2D eigenvalue weighted by atomic mass is 19.1. The second-order valence-corrected chi connectivity index (χ2v) is 11.5. The predicted octanol–water partition coefficient (Wildman–Crippen LogP) is 5.42. The maximum Gasteiger partial charge on any atom is 0.197 e. The van der Waals surface area contributed by atoms with Crippen molar-refractivity contribution in [3.8, 4) is 17.2 Å². The summed E-state index contributed by atoms with van der Waals surface area (Å²) in [6.07, 6.45) is 0.0868. The molecule has 218 valence electrons. The van der Waals surface area contributed by atoms with Crippen LogP contribution < -0.4 is 19.1 Å². The van der Waals surface area contributed by atoms with Crippen LogP contribution in [0.3, 0.4) is 0 Å². The number of carbonyl (C=O) groups is 1. The monoisotopic (exact) mass is 555 g/mol. The first-order valence-electron chi connectivity index (χ1n) is 13.9. The summed E-state index contributed by atoms with van der Waals surface area (Å²) in [5, 5.41) is 8.73. The van der Waals surface area contributed by atoms with Gasteiger partial charge in [-0.25, -0.2) is 4.39 Å². The number of ketones is 1. The van der Waals surface area contributed by atoms with Gasteiger partial charge in [0.2, 0.25) is 0 Å². The SMILES string of the molecule is CCOc1cc2c(c(F)c1OCC)C(=N)N(CC(=O)c1cc(N3C[C@H](OC)[C@@H](C)C3)c(OC)c(C(C)(C)C)c1)C2. The smallest absolute Gasteiger partial charge is 0.197 e. The standard InChI is InChI=1S/C31H42FN3O5/c1-9-39-24-13-20-15-35(30(33)26(20)27(32)29(24)40-10-2)16-23(36)19-11-21(31(4,5)6)28(38-8)22(12-19)34-14-18(3)25(17-34)37-7/h11-13,18,25,33H,9-10,14-17H2,1-8H3/t18-,25-/m0/s1. The molecule has 0 aliphatic carbocycles. The van der Waals surface area contributed by atoms with E-state index in [1.54, 1.807) is 32.1 Å². The molecule has 40 heavy (non-hydrogen) atoms. The van der Waals surface area contributed by atoms with Crippen LogP contribution in [0, 0.1) is 17.1 Å². The summed E-state index contributed by atoms with van der Waals surface area (Å²) >= 11 is 0. The van der Waals surface area contributed by atoms with E-state index in [1.165, 1.54) is 0 Å². The molecule has 0 radical (unpaired) electrons. The van der Waals surface area contributed by atoms with Crippen molar-refractivity contribution in [1.29, 1.82) is 5.41 Å². The van der Waals surface area contributed by atoms with E-state index in [0.717, 1.165) is 23.5 Å². The highest BCUT2D eigenvalue weighted by Crippen LogP contribution is 2.43. The molecule has 0 aromatic heterocycles. The summed E-state index contributed by atoms with van der Waals surface area (Å²) in [5.74, 6) is 0.580. The molecule has 2 atom stereocenters. The van der Waals surface area contributed by atoms with E-state index >= 15 is 4.39 Å². The third-order valence-electron chi connectivity index (χ3n) is 7.70. The van der Waals surface area contributed by atoms with E-state index in [0.29, 0.717) is 35.9 Å². The molecule has 4 rings (SSSR count). The van der Waals surface area contributed by atoms with Crippen molar-refractivity contribution < 1.29 is 28.1 Å². The first-order chi connectivity index (χ1) is 18.9. The van der Waals surface area contributed by atoms with Gasteiger partial charge in [-0.15, -0.1) is 0 Å². The molecule has 1 N–H and O–H groups in total. The number of halogens is 1. The number of hydrogen-bond donors (Lipinski definition) is 1. The maximum absolute atomic E-state index is 15.5. The van der Waals surface area contributed by atoms with Crippen molar-refractivity contribution in [3.63, 3.8) is 0 Å². The Morgan fingerprint density at radius 1 is 1.07 bits per heavy atom. The third kappa shape index (κ3) is 5.48. The number of methoxy groups -OCH3 is 2. The number of rotatable bonds is 10. The largest absolute Gasteiger partial charge is 0.494 e. The Kier molecular flexibility index (Phi) is 8.63. The van der Waals surface area contributed by atoms with E-state index in [4.69, 9.17) is 24.4 Å². The minimum absolute atomic E-state index is 0.00449. The second-order valence-electron chi connectivity index (χ2n) is 11.5. The summed E-state index contributed by atoms with van der Waals surface area (Å²) in [5.41, 5.74) is 2.79. The van der Waals surface area contributed by atoms with Crippen LogP contribution in [0.4, 0.5) is 10.1 Å². The molecule has 0 unspecified atom stereocenters. The lowest BCUT2D eigenvalue weighted by Crippen LogP contribution is -2.31. The van der Waals surface area contributed by atoms with Gasteiger partial charge in [0.1, 0.15) is 11.6 Å². The van der Waals surface area contributed by atoms with Crippen LogP contribution in [0.25, 0.3) is 0 Å². The van der Waals surface area contributed by atoms with Crippen LogP contribution in [0.15, 0.2) is 18.2 Å². The zero-order chi connectivity index (χ0) is 29.4. The molecular formula is C31H42FN3O5. The fourth-order valence-corrected chi connectivity index (χ4v) is 5.64. The minimum atomic E-state index is -0.625. The van der Waals surface area contributed by atoms with Gasteiger partial charge in [-0.3, -0.25) is 10.2 Å². The molecule has 2 aromatic rings. The van der Waals surface area contributed by atoms with E-state index < -0.39 is 5.82 Å². The molecule has 8 nitrogen and oxygen atoms in total. The molecule has 0 saturated carbocycles. The Labute approximate surface area is 236 Å². The van der Waals surface area contributed by atoms with E-state index in [-0.39, 0.29) is 54.1 Å². The summed E-state index contributed by atoms with van der Waals surface area (Å²) in [4.78, 5) is 17.6. The van der Waals surface area contributed by atoms with Gasteiger partial charge in [0, 0.05) is 43.8 Å². The molecule has 2 heterocycles. The number of Topliss-reactive ketones (excluding diaryl/α,β-unsaturated/α-hetero) is 1. The molecule has 9 heteroatoms. The fraction of sp³-hybridized carbons (Fsp3) is 0.548. The fourth-order valence-electron chi connectivity index (χ4n) is 5.64. The lowest BCUT2D eigenvalue weighted by atomic mass is 9.84. The van der Waals surface area contributed by atoms with Gasteiger partial charge < -0.3 is 28.7 Å². The number of anilines is 1. The number of nitrogens with zero attached hydrogens (tertiary/aromatic N) is 2. The number of hydrogen-bond acceptors (Lipinski definition) is 7. The zero-order valence-electron chi connectivity index (χ0n) is 24.9. The van der Waals surface area contributed by atoms with E-state index in [2.05, 4.69) is 32.6 Å². The van der Waals surface area contributed by atoms with Crippen molar-refractivity contribution in [2.24, 2.45) is 5.92 Å². The number of carbonyl (C=O) groups excluding carboxylic acids is 1. The first kappa shape index (κ1) is 29.6. The average Bonchev–Trinajstić information content (AvgIpc) is 3.43. The van der Waals surface area contributed by atoms with E-state index in [1.807, 2.05) is 19.1 Å². The zero-order valence-corrected chi connectivity index (χ0v) is 24.9. The van der Waals surface area contributed by atoms with Gasteiger partial charge in [-0.2, -0.15) is 0 Å². The Morgan fingerprint density at radius 3 is 2.35 bits per heavy atom. The summed E-state index contributed by atoms with van der Waals surface area (Å²) in [6, 6.07) is 5.50. The number of benzene rings is 2. The molecule has 2 aliphatic rings. The van der Waals surface area contributed by atoms with Crippen LogP contribution in [0.5, 0.6) is 17.2 Å². The highest BCUT2D eigenvalue weighted by Gasteiger charge is 2.36. The van der Waals surface area contributed by atoms with Gasteiger partial charge in [0.25, 0.3) is 0 Å². The number of nitrogens with one attached hydrogen (secondary N) is 1. The predicted molar refractivity (Wildman–Crippen MR) is 154 cm³/mol. The Balaban J connectivity index is 1.68. The minimum Gasteiger partial charge on any atom is -0.494 e.